The molecule has 0 aromatic heterocycles. The molecule has 108 valence electrons. The normalized spacial score (nSPS) is 10.2. The number of carbonyl (C=O) groups excluding carboxylic acids is 2. The van der Waals surface area contributed by atoms with Crippen molar-refractivity contribution in [3.05, 3.63) is 65.2 Å². The molecule has 0 radical (unpaired) electrons. The molecule has 0 amide bonds. The molecule has 2 aromatic carbocycles. The van der Waals surface area contributed by atoms with Gasteiger partial charge >= 0.3 is 0 Å². The van der Waals surface area contributed by atoms with Gasteiger partial charge in [0, 0.05) is 6.42 Å². The molecule has 0 unspecified atom stereocenters. The molecule has 0 aliphatic rings. The molecule has 0 N–H and O–H groups in total. The van der Waals surface area contributed by atoms with Crippen molar-refractivity contribution in [2.24, 2.45) is 0 Å². The van der Waals surface area contributed by atoms with E-state index in [1.165, 1.54) is 6.07 Å². The Morgan fingerprint density at radius 3 is 2.29 bits per heavy atom. The van der Waals surface area contributed by atoms with Crippen molar-refractivity contribution in [1.29, 1.82) is 0 Å². The van der Waals surface area contributed by atoms with Crippen LogP contribution in [0.5, 0.6) is 5.75 Å². The van der Waals surface area contributed by atoms with Crippen LogP contribution >= 0.6 is 23.2 Å². The summed E-state index contributed by atoms with van der Waals surface area (Å²) in [5.41, 5.74) is 1.82. The SMILES string of the molecule is O=C(Cl)Cc1ccc(OCc2ccccc2)c(C(=O)Cl)c1. The molecule has 5 heteroatoms. The van der Waals surface area contributed by atoms with Crippen molar-refractivity contribution < 1.29 is 14.3 Å². The lowest BCUT2D eigenvalue weighted by molar-refractivity contribution is -0.111. The van der Waals surface area contributed by atoms with Crippen molar-refractivity contribution in [1.82, 2.24) is 0 Å². The van der Waals surface area contributed by atoms with E-state index in [1.807, 2.05) is 30.3 Å². The summed E-state index contributed by atoms with van der Waals surface area (Å²) in [4.78, 5) is 22.4. The summed E-state index contributed by atoms with van der Waals surface area (Å²) < 4.78 is 5.62. The first-order valence-electron chi connectivity index (χ1n) is 6.24. The summed E-state index contributed by atoms with van der Waals surface area (Å²) in [7, 11) is 0. The average molecular weight is 323 g/mol. The molecule has 21 heavy (non-hydrogen) atoms. The van der Waals surface area contributed by atoms with E-state index < -0.39 is 10.5 Å². The highest BCUT2D eigenvalue weighted by molar-refractivity contribution is 6.68. The van der Waals surface area contributed by atoms with Gasteiger partial charge in [-0.2, -0.15) is 0 Å². The minimum absolute atomic E-state index is 0.0394. The number of carbonyl (C=O) groups is 2. The van der Waals surface area contributed by atoms with Crippen LogP contribution in [0.1, 0.15) is 21.5 Å². The van der Waals surface area contributed by atoms with Gasteiger partial charge in [0.2, 0.25) is 5.24 Å². The summed E-state index contributed by atoms with van der Waals surface area (Å²) >= 11 is 10.9. The van der Waals surface area contributed by atoms with Crippen LogP contribution < -0.4 is 4.74 Å². The van der Waals surface area contributed by atoms with E-state index in [4.69, 9.17) is 27.9 Å². The van der Waals surface area contributed by atoms with Crippen molar-refractivity contribution in [2.75, 3.05) is 0 Å². The standard InChI is InChI=1S/C16H12Cl2O3/c17-15(19)9-12-6-7-14(13(8-12)16(18)20)21-10-11-4-2-1-3-5-11/h1-8H,9-10H2. The van der Waals surface area contributed by atoms with Crippen LogP contribution in [0.4, 0.5) is 0 Å². The Bertz CT molecular complexity index is 654. The van der Waals surface area contributed by atoms with E-state index in [-0.39, 0.29) is 12.0 Å². The number of hydrogen-bond donors (Lipinski definition) is 0. The summed E-state index contributed by atoms with van der Waals surface area (Å²) in [5, 5.41) is -1.14. The first kappa shape index (κ1) is 15.5. The minimum atomic E-state index is -0.637. The Balaban J connectivity index is 2.18. The fourth-order valence-corrected chi connectivity index (χ4v) is 2.16. The van der Waals surface area contributed by atoms with Crippen LogP contribution in [0.15, 0.2) is 48.5 Å². The highest BCUT2D eigenvalue weighted by Gasteiger charge is 2.13. The second-order valence-electron chi connectivity index (χ2n) is 4.41. The third-order valence-corrected chi connectivity index (χ3v) is 3.17. The fraction of sp³-hybridized carbons (Fsp3) is 0.125. The Morgan fingerprint density at radius 1 is 0.952 bits per heavy atom. The van der Waals surface area contributed by atoms with E-state index in [1.54, 1.807) is 12.1 Å². The highest BCUT2D eigenvalue weighted by atomic mass is 35.5. The van der Waals surface area contributed by atoms with E-state index in [0.29, 0.717) is 17.9 Å². The van der Waals surface area contributed by atoms with E-state index in [2.05, 4.69) is 0 Å². The van der Waals surface area contributed by atoms with E-state index >= 15 is 0 Å². The molecule has 0 fully saturated rings. The number of halogens is 2. The molecule has 0 heterocycles. The second kappa shape index (κ2) is 7.25. The molecule has 0 aliphatic carbocycles. The van der Waals surface area contributed by atoms with Crippen LogP contribution in [0.2, 0.25) is 0 Å². The van der Waals surface area contributed by atoms with Gasteiger partial charge in [-0.3, -0.25) is 9.59 Å². The highest BCUT2D eigenvalue weighted by Crippen LogP contribution is 2.24. The van der Waals surface area contributed by atoms with Gasteiger partial charge < -0.3 is 4.74 Å². The Kier molecular flexibility index (Phi) is 5.37. The molecular weight excluding hydrogens is 311 g/mol. The smallest absolute Gasteiger partial charge is 0.256 e. The van der Waals surface area contributed by atoms with Gasteiger partial charge in [0.05, 0.1) is 5.56 Å². The molecule has 3 nitrogen and oxygen atoms in total. The lowest BCUT2D eigenvalue weighted by Crippen LogP contribution is -2.03. The maximum Gasteiger partial charge on any atom is 0.256 e. The zero-order valence-corrected chi connectivity index (χ0v) is 12.5. The first-order chi connectivity index (χ1) is 10.1. The van der Waals surface area contributed by atoms with Crippen molar-refractivity contribution in [3.63, 3.8) is 0 Å². The lowest BCUT2D eigenvalue weighted by Gasteiger charge is -2.10. The van der Waals surface area contributed by atoms with Crippen LogP contribution in [0, 0.1) is 0 Å². The molecule has 0 saturated heterocycles. The monoisotopic (exact) mass is 322 g/mol. The summed E-state index contributed by atoms with van der Waals surface area (Å²) in [6, 6.07) is 14.4. The number of ether oxygens (including phenoxy) is 1. The zero-order chi connectivity index (χ0) is 15.2. The number of benzene rings is 2. The maximum absolute atomic E-state index is 11.5. The Hall–Kier alpha value is -1.84. The van der Waals surface area contributed by atoms with E-state index in [0.717, 1.165) is 5.56 Å². The molecule has 2 rings (SSSR count). The third kappa shape index (κ3) is 4.59. The Morgan fingerprint density at radius 2 is 1.67 bits per heavy atom. The summed E-state index contributed by atoms with van der Waals surface area (Å²) in [6.07, 6.45) is 0.0394. The van der Waals surface area contributed by atoms with Gasteiger partial charge in [0.25, 0.3) is 5.24 Å². The van der Waals surface area contributed by atoms with Gasteiger partial charge in [0.1, 0.15) is 12.4 Å². The molecule has 0 atom stereocenters. The van der Waals surface area contributed by atoms with Gasteiger partial charge in [-0.05, 0) is 46.5 Å². The summed E-state index contributed by atoms with van der Waals surface area (Å²) in [5.74, 6) is 0.379. The molecular formula is C16H12Cl2O3. The fourth-order valence-electron chi connectivity index (χ4n) is 1.86. The van der Waals surface area contributed by atoms with Crippen LogP contribution in [-0.4, -0.2) is 10.5 Å². The number of rotatable bonds is 6. The Labute approximate surface area is 132 Å². The predicted octanol–water partition coefficient (Wildman–Crippen LogP) is 3.95. The number of hydrogen-bond acceptors (Lipinski definition) is 3. The maximum atomic E-state index is 11.5. The van der Waals surface area contributed by atoms with Gasteiger partial charge in [-0.15, -0.1) is 0 Å². The van der Waals surface area contributed by atoms with E-state index in [9.17, 15) is 9.59 Å². The average Bonchev–Trinajstić information content (AvgIpc) is 2.46. The first-order valence-corrected chi connectivity index (χ1v) is 6.99. The van der Waals surface area contributed by atoms with Crippen molar-refractivity contribution in [2.45, 2.75) is 13.0 Å². The third-order valence-electron chi connectivity index (χ3n) is 2.84. The van der Waals surface area contributed by atoms with Gasteiger partial charge in [-0.1, -0.05) is 36.4 Å². The summed E-state index contributed by atoms with van der Waals surface area (Å²) in [6.45, 7) is 0.325. The van der Waals surface area contributed by atoms with Crippen LogP contribution in [0.25, 0.3) is 0 Å². The largest absolute Gasteiger partial charge is 0.488 e. The molecule has 0 spiro atoms. The van der Waals surface area contributed by atoms with Gasteiger partial charge in [0.15, 0.2) is 0 Å². The minimum Gasteiger partial charge on any atom is -0.488 e. The predicted molar refractivity (Wildman–Crippen MR) is 82.0 cm³/mol. The van der Waals surface area contributed by atoms with Crippen LogP contribution in [-0.2, 0) is 17.8 Å². The van der Waals surface area contributed by atoms with Crippen LogP contribution in [0.3, 0.4) is 0 Å². The van der Waals surface area contributed by atoms with Gasteiger partial charge in [-0.25, -0.2) is 0 Å². The quantitative estimate of drug-likeness (QED) is 0.756. The molecule has 0 aliphatic heterocycles. The van der Waals surface area contributed by atoms with Crippen molar-refractivity contribution in [3.8, 4) is 5.75 Å². The second-order valence-corrected chi connectivity index (χ2v) is 5.18. The lowest BCUT2D eigenvalue weighted by atomic mass is 10.1. The molecule has 2 aromatic rings. The molecule has 0 bridgehead atoms. The zero-order valence-electron chi connectivity index (χ0n) is 11.0. The molecule has 0 saturated carbocycles. The topological polar surface area (TPSA) is 43.4 Å². The van der Waals surface area contributed by atoms with Crippen molar-refractivity contribution >= 4 is 33.7 Å².